The van der Waals surface area contributed by atoms with Gasteiger partial charge in [-0.15, -0.1) is 0 Å². The largest absolute Gasteiger partial charge is 0.399 e. The molecule has 2 heterocycles. The van der Waals surface area contributed by atoms with Gasteiger partial charge in [-0.3, -0.25) is 9.11 Å². The van der Waals surface area contributed by atoms with Gasteiger partial charge in [-0.1, -0.05) is 38.1 Å². The molecule has 2 aliphatic heterocycles. The molecule has 0 atom stereocenters. The molecule has 12 nitrogen and oxygen atoms in total. The molecule has 0 bridgehead atoms. The number of nitrogens with zero attached hydrogens (tertiary/aromatic N) is 4. The zero-order valence-electron chi connectivity index (χ0n) is 39.6. The van der Waals surface area contributed by atoms with Crippen LogP contribution in [0.2, 0.25) is 0 Å². The number of anilines is 2. The number of hydrogen-bond donors (Lipinski definition) is 4. The lowest BCUT2D eigenvalue weighted by Gasteiger charge is -2.29. The highest BCUT2D eigenvalue weighted by molar-refractivity contribution is 7.86. The molecule has 0 unspecified atom stereocenters. The summed E-state index contributed by atoms with van der Waals surface area (Å²) in [5.41, 5.74) is 15.9. The first-order valence-electron chi connectivity index (χ1n) is 22.4. The highest BCUT2D eigenvalue weighted by Crippen LogP contribution is 2.49. The third-order valence-corrected chi connectivity index (χ3v) is 14.6. The highest BCUT2D eigenvalue weighted by atomic mass is 32.2. The Morgan fingerprint density at radius 2 is 1.38 bits per heavy atom. The molecule has 1 aliphatic carbocycles. The Bertz CT molecular complexity index is 2640. The Balaban J connectivity index is 1.45. The molecule has 3 aliphatic rings. The first kappa shape index (κ1) is 48.9. The molecule has 0 saturated heterocycles. The molecule has 64 heavy (non-hydrogen) atoms. The molecule has 5 N–H and O–H groups in total. The van der Waals surface area contributed by atoms with Gasteiger partial charge in [0.1, 0.15) is 0 Å². The molecule has 0 radical (unpaired) electrons. The number of benzene rings is 3. The van der Waals surface area contributed by atoms with Crippen LogP contribution in [-0.2, 0) is 37.5 Å². The van der Waals surface area contributed by atoms with Gasteiger partial charge in [0, 0.05) is 65.4 Å². The van der Waals surface area contributed by atoms with E-state index in [1.807, 2.05) is 24.3 Å². The number of nitrogen functional groups attached to an aromatic ring is 1. The minimum absolute atomic E-state index is 0.110. The molecule has 14 heteroatoms. The summed E-state index contributed by atoms with van der Waals surface area (Å²) in [5, 5.41) is 3.85. The van der Waals surface area contributed by atoms with Crippen LogP contribution >= 0.6 is 0 Å². The maximum Gasteiger partial charge on any atom is 0.294 e. The van der Waals surface area contributed by atoms with E-state index in [9.17, 15) is 25.9 Å². The fourth-order valence-electron chi connectivity index (χ4n) is 9.38. The lowest BCUT2D eigenvalue weighted by Crippen LogP contribution is -2.37. The van der Waals surface area contributed by atoms with Crippen molar-refractivity contribution in [2.75, 3.05) is 85.6 Å². The maximum absolute atomic E-state index is 12.3. The van der Waals surface area contributed by atoms with Crippen molar-refractivity contribution in [1.29, 1.82) is 0 Å². The lowest BCUT2D eigenvalue weighted by molar-refractivity contribution is -0.871. The van der Waals surface area contributed by atoms with Crippen LogP contribution in [-0.4, -0.2) is 120 Å². The minimum Gasteiger partial charge on any atom is -0.399 e. The van der Waals surface area contributed by atoms with E-state index in [-0.39, 0.29) is 9.79 Å². The van der Waals surface area contributed by atoms with Crippen LogP contribution in [0.3, 0.4) is 0 Å². The van der Waals surface area contributed by atoms with Crippen molar-refractivity contribution >= 4 is 43.0 Å². The van der Waals surface area contributed by atoms with Gasteiger partial charge in [0.2, 0.25) is 5.69 Å². The third kappa shape index (κ3) is 11.3. The summed E-state index contributed by atoms with van der Waals surface area (Å²) in [6.07, 6.45) is 14.2. The van der Waals surface area contributed by atoms with Crippen LogP contribution in [0.1, 0.15) is 76.5 Å². The van der Waals surface area contributed by atoms with E-state index in [0.29, 0.717) is 6.54 Å². The Kier molecular flexibility index (Phi) is 14.0. The van der Waals surface area contributed by atoms with Gasteiger partial charge in [0.15, 0.2) is 12.3 Å². The van der Waals surface area contributed by atoms with E-state index in [2.05, 4.69) is 121 Å². The summed E-state index contributed by atoms with van der Waals surface area (Å²) in [6, 6.07) is 17.8. The molecule has 346 valence electrons. The number of hydrogen-bond acceptors (Lipinski definition) is 7. The van der Waals surface area contributed by atoms with Crippen molar-refractivity contribution in [3.05, 3.63) is 124 Å². The monoisotopic (exact) mass is 915 g/mol. The van der Waals surface area contributed by atoms with Crippen molar-refractivity contribution in [2.24, 2.45) is 0 Å². The standard InChI is InChI=1S/C50H68N6O6S2/c1-49(2)42-34-40(63(57,58)59)22-24-44(42)53(30-12-32-55(5,6)7)46(49)26-18-37-14-11-15-38(48(37)52-29-28-36-16-20-39(51)21-17-36)19-27-47-50(3,4)43-35-41(64(60,61)62)23-25-45(43)54(47)31-13-33-56(8,9)10/h16-27,34-35H,11-15,28-33,51H2,1-10H3/p+3/b37-18+,46-26+. The van der Waals surface area contributed by atoms with E-state index in [1.165, 1.54) is 28.8 Å². The van der Waals surface area contributed by atoms with Crippen molar-refractivity contribution in [1.82, 2.24) is 5.32 Å². The summed E-state index contributed by atoms with van der Waals surface area (Å²) in [6.45, 7) is 12.6. The van der Waals surface area contributed by atoms with E-state index in [0.717, 1.165) is 119 Å². The quantitative estimate of drug-likeness (QED) is 0.0461. The summed E-state index contributed by atoms with van der Waals surface area (Å²) in [4.78, 5) is 2.09. The zero-order chi connectivity index (χ0) is 47.0. The molecule has 3 aromatic rings. The molecule has 3 aromatic carbocycles. The second kappa shape index (κ2) is 18.4. The van der Waals surface area contributed by atoms with Crippen LogP contribution in [0.15, 0.2) is 117 Å². The number of allylic oxidation sites excluding steroid dienone is 7. The Morgan fingerprint density at radius 1 is 0.766 bits per heavy atom. The van der Waals surface area contributed by atoms with Gasteiger partial charge in [0.25, 0.3) is 20.2 Å². The molecular formula is C50H71N6O6S2+3. The molecule has 6 rings (SSSR count). The second-order valence-electron chi connectivity index (χ2n) is 20.7. The summed E-state index contributed by atoms with van der Waals surface area (Å²) in [7, 11) is 4.29. The zero-order valence-corrected chi connectivity index (χ0v) is 41.2. The van der Waals surface area contributed by atoms with Crippen molar-refractivity contribution in [3.63, 3.8) is 0 Å². The van der Waals surface area contributed by atoms with Crippen LogP contribution in [0.4, 0.5) is 17.1 Å². The van der Waals surface area contributed by atoms with E-state index in [1.54, 1.807) is 12.1 Å². The number of fused-ring (bicyclic) bond motifs is 2. The van der Waals surface area contributed by atoms with Crippen LogP contribution in [0.5, 0.6) is 0 Å². The number of quaternary nitrogens is 2. The highest BCUT2D eigenvalue weighted by Gasteiger charge is 2.45. The number of nitrogens with two attached hydrogens (primary N) is 1. The number of nitrogens with one attached hydrogen (secondary N) is 1. The topological polar surface area (TPSA) is 153 Å². The SMILES string of the molecule is CC1(C)C(/C=C/C2=C(NCCc3ccc(N)cc3)C(=C/C=C3/N(CCC[N+](C)(C)C)c4ccc(S(=O)(=O)O)cc4C3(C)C)/CCC2)=[N+](CCC[N+](C)(C)C)c2ccc(S(=O)(=O)O)cc21. The van der Waals surface area contributed by atoms with Crippen LogP contribution < -0.4 is 16.0 Å². The maximum atomic E-state index is 12.3. The molecule has 0 amide bonds. The fraction of sp³-hybridized carbons (Fsp3) is 0.460. The number of rotatable bonds is 17. The predicted octanol–water partition coefficient (Wildman–Crippen LogP) is 7.77. The molecule has 0 fully saturated rings. The van der Waals surface area contributed by atoms with Crippen molar-refractivity contribution in [3.8, 4) is 0 Å². The molecule has 0 saturated carbocycles. The Hall–Kier alpha value is -4.57. The van der Waals surface area contributed by atoms with Gasteiger partial charge in [0.05, 0.1) is 77.0 Å². The molecular weight excluding hydrogens is 845 g/mol. The van der Waals surface area contributed by atoms with E-state index < -0.39 is 31.1 Å². The smallest absolute Gasteiger partial charge is 0.294 e. The van der Waals surface area contributed by atoms with Crippen LogP contribution in [0, 0.1) is 0 Å². The fourth-order valence-corrected chi connectivity index (χ4v) is 10.4. The van der Waals surface area contributed by atoms with Gasteiger partial charge in [-0.05, 0) is 110 Å². The van der Waals surface area contributed by atoms with E-state index in [4.69, 9.17) is 5.73 Å². The van der Waals surface area contributed by atoms with E-state index >= 15 is 0 Å². The van der Waals surface area contributed by atoms with Gasteiger partial charge >= 0.3 is 0 Å². The second-order valence-corrected chi connectivity index (χ2v) is 23.6. The molecule has 0 aromatic heterocycles. The van der Waals surface area contributed by atoms with Gasteiger partial charge < -0.3 is 24.9 Å². The third-order valence-electron chi connectivity index (χ3n) is 12.9. The van der Waals surface area contributed by atoms with Gasteiger partial charge in [-0.25, -0.2) is 0 Å². The normalized spacial score (nSPS) is 19.0. The van der Waals surface area contributed by atoms with Crippen LogP contribution in [0.25, 0.3) is 0 Å². The Morgan fingerprint density at radius 3 is 2.00 bits per heavy atom. The minimum atomic E-state index is -4.40. The summed E-state index contributed by atoms with van der Waals surface area (Å²) < 4.78 is 73.3. The molecule has 0 spiro atoms. The first-order valence-corrected chi connectivity index (χ1v) is 25.2. The van der Waals surface area contributed by atoms with Crippen molar-refractivity contribution in [2.45, 2.75) is 86.8 Å². The average molecular weight is 916 g/mol. The summed E-state index contributed by atoms with van der Waals surface area (Å²) >= 11 is 0. The summed E-state index contributed by atoms with van der Waals surface area (Å²) in [5.74, 6) is 0. The predicted molar refractivity (Wildman–Crippen MR) is 259 cm³/mol. The van der Waals surface area contributed by atoms with Crippen molar-refractivity contribution < 1.29 is 39.5 Å². The first-order chi connectivity index (χ1) is 29.7. The average Bonchev–Trinajstić information content (AvgIpc) is 3.53. The Labute approximate surface area is 382 Å². The lowest BCUT2D eigenvalue weighted by atomic mass is 9.81. The van der Waals surface area contributed by atoms with Gasteiger partial charge in [-0.2, -0.15) is 21.4 Å².